The van der Waals surface area contributed by atoms with Gasteiger partial charge in [0.1, 0.15) is 5.75 Å². The maximum atomic E-state index is 12.5. The maximum Gasteiger partial charge on any atom is 0.261 e. The number of benzene rings is 2. The fourth-order valence-electron chi connectivity index (χ4n) is 2.35. The van der Waals surface area contributed by atoms with Gasteiger partial charge < -0.3 is 9.64 Å². The molecule has 0 bridgehead atoms. The van der Waals surface area contributed by atoms with E-state index in [2.05, 4.69) is 0 Å². The Morgan fingerprint density at radius 3 is 2.17 bits per heavy atom. The molecule has 0 heterocycles. The summed E-state index contributed by atoms with van der Waals surface area (Å²) < 4.78 is 5.57. The SMILES string of the molecule is CC(=O)c1ccc(OCC(=O)N(Cc2ccccc2)C(C)C)cc1. The molecule has 0 saturated carbocycles. The van der Waals surface area contributed by atoms with E-state index < -0.39 is 0 Å². The van der Waals surface area contributed by atoms with E-state index in [9.17, 15) is 9.59 Å². The van der Waals surface area contributed by atoms with Crippen LogP contribution in [0.25, 0.3) is 0 Å². The van der Waals surface area contributed by atoms with Crippen LogP contribution in [0.15, 0.2) is 54.6 Å². The van der Waals surface area contributed by atoms with Crippen molar-refractivity contribution in [2.75, 3.05) is 6.61 Å². The van der Waals surface area contributed by atoms with Crippen LogP contribution in [0, 0.1) is 0 Å². The number of hydrogen-bond acceptors (Lipinski definition) is 3. The maximum absolute atomic E-state index is 12.5. The van der Waals surface area contributed by atoms with Crippen molar-refractivity contribution >= 4 is 11.7 Å². The zero-order chi connectivity index (χ0) is 17.5. The van der Waals surface area contributed by atoms with Crippen LogP contribution in [0.4, 0.5) is 0 Å². The Hall–Kier alpha value is -2.62. The van der Waals surface area contributed by atoms with Crippen molar-refractivity contribution in [1.82, 2.24) is 4.90 Å². The summed E-state index contributed by atoms with van der Waals surface area (Å²) in [7, 11) is 0. The summed E-state index contributed by atoms with van der Waals surface area (Å²) in [6, 6.07) is 16.8. The predicted octanol–water partition coefficient (Wildman–Crippen LogP) is 3.71. The number of carbonyl (C=O) groups excluding carboxylic acids is 2. The summed E-state index contributed by atoms with van der Waals surface area (Å²) in [6.45, 7) is 6.03. The molecular weight excluding hydrogens is 302 g/mol. The molecule has 2 rings (SSSR count). The van der Waals surface area contributed by atoms with Crippen molar-refractivity contribution in [3.8, 4) is 5.75 Å². The minimum absolute atomic E-state index is 0.00599. The highest BCUT2D eigenvalue weighted by Crippen LogP contribution is 2.14. The zero-order valence-electron chi connectivity index (χ0n) is 14.4. The molecule has 0 N–H and O–H groups in total. The number of carbonyl (C=O) groups is 2. The first-order valence-electron chi connectivity index (χ1n) is 8.04. The highest BCUT2D eigenvalue weighted by Gasteiger charge is 2.18. The molecule has 0 aliphatic carbocycles. The van der Waals surface area contributed by atoms with Crippen molar-refractivity contribution in [1.29, 1.82) is 0 Å². The van der Waals surface area contributed by atoms with Crippen LogP contribution in [0.5, 0.6) is 5.75 Å². The molecule has 0 saturated heterocycles. The standard InChI is InChI=1S/C20H23NO3/c1-15(2)21(13-17-7-5-4-6-8-17)20(23)14-24-19-11-9-18(10-12-19)16(3)22/h4-12,15H,13-14H2,1-3H3. The van der Waals surface area contributed by atoms with E-state index in [1.165, 1.54) is 6.92 Å². The second-order valence-electron chi connectivity index (χ2n) is 5.97. The largest absolute Gasteiger partial charge is 0.484 e. The van der Waals surface area contributed by atoms with Crippen LogP contribution >= 0.6 is 0 Å². The van der Waals surface area contributed by atoms with Gasteiger partial charge in [-0.25, -0.2) is 0 Å². The van der Waals surface area contributed by atoms with Gasteiger partial charge in [-0.05, 0) is 50.6 Å². The second-order valence-corrected chi connectivity index (χ2v) is 5.97. The molecule has 0 aliphatic rings. The Labute approximate surface area is 143 Å². The normalized spacial score (nSPS) is 10.5. The third kappa shape index (κ3) is 4.95. The lowest BCUT2D eigenvalue weighted by molar-refractivity contribution is -0.135. The topological polar surface area (TPSA) is 46.6 Å². The molecular formula is C20H23NO3. The lowest BCUT2D eigenvalue weighted by Gasteiger charge is -2.27. The fourth-order valence-corrected chi connectivity index (χ4v) is 2.35. The van der Waals surface area contributed by atoms with Gasteiger partial charge in [0.2, 0.25) is 0 Å². The average molecular weight is 325 g/mol. The van der Waals surface area contributed by atoms with Crippen LogP contribution in [0.1, 0.15) is 36.7 Å². The zero-order valence-corrected chi connectivity index (χ0v) is 14.4. The first-order chi connectivity index (χ1) is 11.5. The number of ether oxygens (including phenoxy) is 1. The monoisotopic (exact) mass is 325 g/mol. The molecule has 0 unspecified atom stereocenters. The molecule has 2 aromatic carbocycles. The quantitative estimate of drug-likeness (QED) is 0.729. The molecule has 0 fully saturated rings. The summed E-state index contributed by atoms with van der Waals surface area (Å²) in [5.41, 5.74) is 1.71. The molecule has 0 radical (unpaired) electrons. The summed E-state index contributed by atoms with van der Waals surface area (Å²) in [5.74, 6) is 0.521. The van der Waals surface area contributed by atoms with Crippen molar-refractivity contribution in [3.05, 3.63) is 65.7 Å². The van der Waals surface area contributed by atoms with Crippen LogP contribution in [-0.2, 0) is 11.3 Å². The van der Waals surface area contributed by atoms with E-state index >= 15 is 0 Å². The highest BCUT2D eigenvalue weighted by molar-refractivity contribution is 5.94. The van der Waals surface area contributed by atoms with Crippen LogP contribution in [0.3, 0.4) is 0 Å². The molecule has 0 aliphatic heterocycles. The lowest BCUT2D eigenvalue weighted by Crippen LogP contribution is -2.39. The Morgan fingerprint density at radius 1 is 1.00 bits per heavy atom. The van der Waals surface area contributed by atoms with E-state index in [1.807, 2.05) is 44.2 Å². The third-order valence-corrected chi connectivity index (χ3v) is 3.76. The van der Waals surface area contributed by atoms with Gasteiger partial charge in [-0.2, -0.15) is 0 Å². The molecule has 0 spiro atoms. The Morgan fingerprint density at radius 2 is 1.62 bits per heavy atom. The van der Waals surface area contributed by atoms with E-state index in [1.54, 1.807) is 29.2 Å². The number of rotatable bonds is 7. The Bertz CT molecular complexity index is 678. The van der Waals surface area contributed by atoms with Crippen molar-refractivity contribution in [3.63, 3.8) is 0 Å². The number of ketones is 1. The van der Waals surface area contributed by atoms with Crippen LogP contribution in [-0.4, -0.2) is 29.2 Å². The summed E-state index contributed by atoms with van der Waals surface area (Å²) in [5, 5.41) is 0. The smallest absolute Gasteiger partial charge is 0.261 e. The van der Waals surface area contributed by atoms with Gasteiger partial charge in [-0.15, -0.1) is 0 Å². The van der Waals surface area contributed by atoms with Gasteiger partial charge in [0, 0.05) is 18.2 Å². The molecule has 0 aromatic heterocycles. The molecule has 4 nitrogen and oxygen atoms in total. The van der Waals surface area contributed by atoms with E-state index in [4.69, 9.17) is 4.74 Å². The first kappa shape index (κ1) is 17.7. The number of hydrogen-bond donors (Lipinski definition) is 0. The molecule has 0 atom stereocenters. The summed E-state index contributed by atoms with van der Waals surface area (Å²) >= 11 is 0. The number of nitrogens with zero attached hydrogens (tertiary/aromatic N) is 1. The molecule has 4 heteroatoms. The minimum atomic E-state index is -0.0653. The number of Topliss-reactive ketones (excluding diaryl/α,β-unsaturated/α-hetero) is 1. The van der Waals surface area contributed by atoms with Crippen LogP contribution in [0.2, 0.25) is 0 Å². The van der Waals surface area contributed by atoms with E-state index in [-0.39, 0.29) is 24.3 Å². The molecule has 126 valence electrons. The van der Waals surface area contributed by atoms with Gasteiger partial charge in [0.15, 0.2) is 12.4 Å². The fraction of sp³-hybridized carbons (Fsp3) is 0.300. The second kappa shape index (κ2) is 8.29. The van der Waals surface area contributed by atoms with Gasteiger partial charge in [-0.1, -0.05) is 30.3 Å². The molecule has 2 aromatic rings. The minimum Gasteiger partial charge on any atom is -0.484 e. The van der Waals surface area contributed by atoms with Gasteiger partial charge in [0.25, 0.3) is 5.91 Å². The van der Waals surface area contributed by atoms with Gasteiger partial charge in [-0.3, -0.25) is 9.59 Å². The average Bonchev–Trinajstić information content (AvgIpc) is 2.58. The molecule has 24 heavy (non-hydrogen) atoms. The van der Waals surface area contributed by atoms with Crippen molar-refractivity contribution < 1.29 is 14.3 Å². The van der Waals surface area contributed by atoms with E-state index in [0.29, 0.717) is 17.9 Å². The van der Waals surface area contributed by atoms with Crippen LogP contribution < -0.4 is 4.74 Å². The van der Waals surface area contributed by atoms with E-state index in [0.717, 1.165) is 5.56 Å². The third-order valence-electron chi connectivity index (χ3n) is 3.76. The van der Waals surface area contributed by atoms with Gasteiger partial charge >= 0.3 is 0 Å². The first-order valence-corrected chi connectivity index (χ1v) is 8.04. The summed E-state index contributed by atoms with van der Waals surface area (Å²) in [4.78, 5) is 25.5. The highest BCUT2D eigenvalue weighted by atomic mass is 16.5. The van der Waals surface area contributed by atoms with Crippen molar-refractivity contribution in [2.24, 2.45) is 0 Å². The summed E-state index contributed by atoms with van der Waals surface area (Å²) in [6.07, 6.45) is 0. The Balaban J connectivity index is 1.96. The Kier molecular flexibility index (Phi) is 6.13. The van der Waals surface area contributed by atoms with Crippen molar-refractivity contribution in [2.45, 2.75) is 33.4 Å². The van der Waals surface area contributed by atoms with Gasteiger partial charge in [0.05, 0.1) is 0 Å². The lowest BCUT2D eigenvalue weighted by atomic mass is 10.1. The molecule has 1 amide bonds. The number of amides is 1. The predicted molar refractivity (Wildman–Crippen MR) is 94.1 cm³/mol.